The second kappa shape index (κ2) is 9.09. The van der Waals surface area contributed by atoms with Gasteiger partial charge in [0.25, 0.3) is 0 Å². The Morgan fingerprint density at radius 1 is 1.19 bits per heavy atom. The Labute approximate surface area is 159 Å². The van der Waals surface area contributed by atoms with Crippen molar-refractivity contribution in [3.05, 3.63) is 53.6 Å². The van der Waals surface area contributed by atoms with Crippen molar-refractivity contribution in [3.63, 3.8) is 0 Å². The van der Waals surface area contributed by atoms with Gasteiger partial charge in [-0.3, -0.25) is 0 Å². The molecular weight excluding hydrogens is 368 g/mol. The zero-order chi connectivity index (χ0) is 20.0. The van der Waals surface area contributed by atoms with Crippen LogP contribution < -0.4 is 4.72 Å². The molecule has 0 spiro atoms. The molecule has 0 fully saturated rings. The maximum Gasteiger partial charge on any atom is 0.335 e. The highest BCUT2D eigenvalue weighted by atomic mass is 32.2. The molecule has 27 heavy (non-hydrogen) atoms. The lowest BCUT2D eigenvalue weighted by atomic mass is 9.98. The maximum atomic E-state index is 12.6. The van der Waals surface area contributed by atoms with Crippen molar-refractivity contribution < 1.29 is 23.1 Å². The number of rotatable bonds is 9. The summed E-state index contributed by atoms with van der Waals surface area (Å²) in [6.07, 6.45) is 0. The number of sulfonamides is 1. The Kier molecular flexibility index (Phi) is 7.09. The van der Waals surface area contributed by atoms with E-state index in [0.29, 0.717) is 12.1 Å². The minimum atomic E-state index is -3.86. The lowest BCUT2D eigenvalue weighted by Gasteiger charge is -2.16. The topological polar surface area (TPSA) is 95.9 Å². The van der Waals surface area contributed by atoms with Gasteiger partial charge in [0.2, 0.25) is 10.0 Å². The van der Waals surface area contributed by atoms with Crippen LogP contribution in [0.15, 0.2) is 47.4 Å². The zero-order valence-electron chi connectivity index (χ0n) is 15.6. The van der Waals surface area contributed by atoms with Gasteiger partial charge in [-0.15, -0.1) is 0 Å². The number of carboxylic acids is 1. The first-order valence-electron chi connectivity index (χ1n) is 8.34. The molecule has 0 aliphatic heterocycles. The SMILES string of the molecule is COCCNS(=O)(=O)c1cc(C(=O)O)cc(-c2ccccc2CN(C)C)c1. The molecule has 0 unspecified atom stereocenters. The molecule has 8 heteroatoms. The van der Waals surface area contributed by atoms with Crippen molar-refractivity contribution in [2.45, 2.75) is 11.4 Å². The Balaban J connectivity index is 2.56. The fourth-order valence-corrected chi connectivity index (χ4v) is 3.76. The molecular formula is C19H24N2O5S. The Hall–Kier alpha value is -2.26. The number of aromatic carboxylic acids is 1. The smallest absolute Gasteiger partial charge is 0.335 e. The van der Waals surface area contributed by atoms with Gasteiger partial charge in [0, 0.05) is 20.2 Å². The maximum absolute atomic E-state index is 12.6. The summed E-state index contributed by atoms with van der Waals surface area (Å²) < 4.78 is 32.4. The molecule has 2 rings (SSSR count). The van der Waals surface area contributed by atoms with E-state index in [4.69, 9.17) is 4.74 Å². The van der Waals surface area contributed by atoms with Crippen LogP contribution in [0, 0.1) is 0 Å². The summed E-state index contributed by atoms with van der Waals surface area (Å²) >= 11 is 0. The highest BCUT2D eigenvalue weighted by Gasteiger charge is 2.19. The van der Waals surface area contributed by atoms with Crippen molar-refractivity contribution in [2.75, 3.05) is 34.4 Å². The second-order valence-electron chi connectivity index (χ2n) is 6.34. The lowest BCUT2D eigenvalue weighted by Crippen LogP contribution is -2.27. The van der Waals surface area contributed by atoms with Crippen LogP contribution in [0.4, 0.5) is 0 Å². The molecule has 0 amide bonds. The van der Waals surface area contributed by atoms with E-state index in [1.807, 2.05) is 43.3 Å². The predicted octanol–water partition coefficient (Wildman–Crippen LogP) is 2.04. The molecule has 0 aliphatic carbocycles. The van der Waals surface area contributed by atoms with E-state index in [1.54, 1.807) is 0 Å². The number of nitrogens with zero attached hydrogens (tertiary/aromatic N) is 1. The van der Waals surface area contributed by atoms with Crippen LogP contribution >= 0.6 is 0 Å². The number of benzene rings is 2. The number of nitrogens with one attached hydrogen (secondary N) is 1. The van der Waals surface area contributed by atoms with Gasteiger partial charge in [-0.05, 0) is 49.0 Å². The number of methoxy groups -OCH3 is 1. The summed E-state index contributed by atoms with van der Waals surface area (Å²) in [5.41, 5.74) is 2.22. The summed E-state index contributed by atoms with van der Waals surface area (Å²) in [6.45, 7) is 0.959. The quantitative estimate of drug-likeness (QED) is 0.634. The van der Waals surface area contributed by atoms with Gasteiger partial charge in [0.1, 0.15) is 0 Å². The minimum absolute atomic E-state index is 0.0840. The van der Waals surface area contributed by atoms with E-state index >= 15 is 0 Å². The van der Waals surface area contributed by atoms with E-state index in [2.05, 4.69) is 4.72 Å². The van der Waals surface area contributed by atoms with Crippen LogP contribution in [-0.4, -0.2) is 58.8 Å². The van der Waals surface area contributed by atoms with Gasteiger partial charge >= 0.3 is 5.97 Å². The first kappa shape index (κ1) is 21.0. The van der Waals surface area contributed by atoms with E-state index < -0.39 is 16.0 Å². The van der Waals surface area contributed by atoms with Gasteiger partial charge in [-0.25, -0.2) is 17.9 Å². The molecule has 146 valence electrons. The van der Waals surface area contributed by atoms with Gasteiger partial charge in [-0.1, -0.05) is 24.3 Å². The van der Waals surface area contributed by atoms with Crippen molar-refractivity contribution in [2.24, 2.45) is 0 Å². The summed E-state index contributed by atoms with van der Waals surface area (Å²) in [4.78, 5) is 13.4. The summed E-state index contributed by atoms with van der Waals surface area (Å²) in [5, 5.41) is 9.43. The van der Waals surface area contributed by atoms with Crippen LogP contribution in [0.5, 0.6) is 0 Å². The zero-order valence-corrected chi connectivity index (χ0v) is 16.4. The number of carbonyl (C=O) groups is 1. The third kappa shape index (κ3) is 5.61. The normalized spacial score (nSPS) is 11.7. The number of carboxylic acid groups (broad SMARTS) is 1. The Bertz CT molecular complexity index is 910. The molecule has 0 saturated carbocycles. The number of hydrogen-bond acceptors (Lipinski definition) is 5. The fraction of sp³-hybridized carbons (Fsp3) is 0.316. The first-order chi connectivity index (χ1) is 12.7. The molecule has 0 aromatic heterocycles. The van der Waals surface area contributed by atoms with Crippen LogP contribution in [0.25, 0.3) is 11.1 Å². The molecule has 2 aromatic carbocycles. The van der Waals surface area contributed by atoms with Gasteiger partial charge in [-0.2, -0.15) is 0 Å². The van der Waals surface area contributed by atoms with Crippen LogP contribution in [0.3, 0.4) is 0 Å². The first-order valence-corrected chi connectivity index (χ1v) is 9.83. The van der Waals surface area contributed by atoms with Crippen LogP contribution in [-0.2, 0) is 21.3 Å². The largest absolute Gasteiger partial charge is 0.478 e. The fourth-order valence-electron chi connectivity index (χ4n) is 2.68. The van der Waals surface area contributed by atoms with E-state index in [9.17, 15) is 18.3 Å². The van der Waals surface area contributed by atoms with E-state index in [-0.39, 0.29) is 23.6 Å². The predicted molar refractivity (Wildman–Crippen MR) is 103 cm³/mol. The second-order valence-corrected chi connectivity index (χ2v) is 8.10. The van der Waals surface area contributed by atoms with E-state index in [0.717, 1.165) is 17.2 Å². The highest BCUT2D eigenvalue weighted by molar-refractivity contribution is 7.89. The van der Waals surface area contributed by atoms with Gasteiger partial charge < -0.3 is 14.7 Å². The lowest BCUT2D eigenvalue weighted by molar-refractivity contribution is 0.0696. The van der Waals surface area contributed by atoms with Crippen molar-refractivity contribution in [1.29, 1.82) is 0 Å². The number of hydrogen-bond donors (Lipinski definition) is 2. The average molecular weight is 392 g/mol. The summed E-state index contributed by atoms with van der Waals surface area (Å²) in [5.74, 6) is -1.18. The van der Waals surface area contributed by atoms with Gasteiger partial charge in [0.15, 0.2) is 0 Å². The minimum Gasteiger partial charge on any atom is -0.478 e. The van der Waals surface area contributed by atoms with Crippen molar-refractivity contribution in [3.8, 4) is 11.1 Å². The number of ether oxygens (including phenoxy) is 1. The Morgan fingerprint density at radius 3 is 2.52 bits per heavy atom. The molecule has 0 saturated heterocycles. The third-order valence-electron chi connectivity index (χ3n) is 3.88. The molecule has 2 aromatic rings. The third-order valence-corrected chi connectivity index (χ3v) is 5.32. The molecule has 2 N–H and O–H groups in total. The van der Waals surface area contributed by atoms with Crippen LogP contribution in [0.2, 0.25) is 0 Å². The van der Waals surface area contributed by atoms with Crippen molar-refractivity contribution in [1.82, 2.24) is 9.62 Å². The molecule has 0 radical (unpaired) electrons. The highest BCUT2D eigenvalue weighted by Crippen LogP contribution is 2.28. The van der Waals surface area contributed by atoms with Crippen molar-refractivity contribution >= 4 is 16.0 Å². The standard InChI is InChI=1S/C19H24N2O5S/c1-21(2)13-14-6-4-5-7-18(14)15-10-16(19(22)23)12-17(11-15)27(24,25)20-8-9-26-3/h4-7,10-12,20H,8-9,13H2,1-3H3,(H,22,23). The summed E-state index contributed by atoms with van der Waals surface area (Å²) in [6, 6.07) is 11.7. The molecule has 0 atom stereocenters. The Morgan fingerprint density at radius 2 is 1.89 bits per heavy atom. The summed E-state index contributed by atoms with van der Waals surface area (Å²) in [7, 11) is 1.47. The molecule has 0 aliphatic rings. The van der Waals surface area contributed by atoms with Gasteiger partial charge in [0.05, 0.1) is 17.1 Å². The monoisotopic (exact) mass is 392 g/mol. The molecule has 0 bridgehead atoms. The van der Waals surface area contributed by atoms with Crippen LogP contribution in [0.1, 0.15) is 15.9 Å². The van der Waals surface area contributed by atoms with E-state index in [1.165, 1.54) is 19.2 Å². The average Bonchev–Trinajstić information content (AvgIpc) is 2.61. The molecule has 7 nitrogen and oxygen atoms in total. The molecule has 0 heterocycles.